The molecule has 7 nitrogen and oxygen atoms in total. The first-order valence-electron chi connectivity index (χ1n) is 14.0. The number of anilines is 1. The molecule has 41 heavy (non-hydrogen) atoms. The molecule has 2 aromatic heterocycles. The highest BCUT2D eigenvalue weighted by Gasteiger charge is 2.30. The van der Waals surface area contributed by atoms with E-state index in [-0.39, 0.29) is 22.4 Å². The van der Waals surface area contributed by atoms with Gasteiger partial charge >= 0.3 is 5.97 Å². The van der Waals surface area contributed by atoms with Gasteiger partial charge in [-0.15, -0.1) is 11.3 Å². The maximum Gasteiger partial charge on any atom is 0.341 e. The third kappa shape index (κ3) is 5.66. The van der Waals surface area contributed by atoms with E-state index in [4.69, 9.17) is 13.9 Å². The van der Waals surface area contributed by atoms with Gasteiger partial charge in [0, 0.05) is 10.4 Å². The summed E-state index contributed by atoms with van der Waals surface area (Å²) in [6.07, 6.45) is 2.95. The first kappa shape index (κ1) is 28.6. The number of methoxy groups -OCH3 is 1. The van der Waals surface area contributed by atoms with Gasteiger partial charge in [0.25, 0.3) is 5.91 Å². The number of benzene rings is 2. The van der Waals surface area contributed by atoms with E-state index >= 15 is 0 Å². The van der Waals surface area contributed by atoms with Crippen LogP contribution in [0.1, 0.15) is 73.3 Å². The van der Waals surface area contributed by atoms with Crippen LogP contribution < -0.4 is 15.5 Å². The van der Waals surface area contributed by atoms with Crippen molar-refractivity contribution in [1.82, 2.24) is 0 Å². The fourth-order valence-corrected chi connectivity index (χ4v) is 6.45. The number of amides is 1. The fraction of sp³-hybridized carbons (Fsp3) is 0.364. The largest absolute Gasteiger partial charge is 0.473 e. The first-order valence-corrected chi connectivity index (χ1v) is 14.8. The standard InChI is InChI=1S/C33H35NO6S/c1-6-23(30(36)34-31-26(32(37)38-5)22-12-8-10-14-25(22)41-31)39-29-27(35)21-11-7-9-13-24(21)40-28(29)19-15-17-20(18-16-19)33(2,3)4/h7,9,11,13,15-18,23H,6,8,10,12,14H2,1-5H3,(H,34,36). The second-order valence-electron chi connectivity index (χ2n) is 11.3. The summed E-state index contributed by atoms with van der Waals surface area (Å²) in [5.74, 6) is -0.669. The maximum absolute atomic E-state index is 13.7. The van der Waals surface area contributed by atoms with Crippen LogP contribution in [0.2, 0.25) is 0 Å². The molecule has 0 saturated carbocycles. The Morgan fingerprint density at radius 3 is 2.44 bits per heavy atom. The number of aryl methyl sites for hydroxylation is 1. The van der Waals surface area contributed by atoms with Gasteiger partial charge in [0.2, 0.25) is 11.2 Å². The average molecular weight is 574 g/mol. The van der Waals surface area contributed by atoms with Crippen molar-refractivity contribution in [2.75, 3.05) is 12.4 Å². The van der Waals surface area contributed by atoms with E-state index in [0.717, 1.165) is 41.7 Å². The number of rotatable bonds is 7. The van der Waals surface area contributed by atoms with E-state index in [1.165, 1.54) is 18.4 Å². The van der Waals surface area contributed by atoms with E-state index in [0.29, 0.717) is 33.5 Å². The van der Waals surface area contributed by atoms with Crippen LogP contribution >= 0.6 is 11.3 Å². The Morgan fingerprint density at radius 1 is 1.05 bits per heavy atom. The van der Waals surface area contributed by atoms with Gasteiger partial charge in [-0.25, -0.2) is 4.79 Å². The van der Waals surface area contributed by atoms with Crippen molar-refractivity contribution in [2.45, 2.75) is 71.3 Å². The Balaban J connectivity index is 1.52. The molecule has 2 aromatic carbocycles. The number of esters is 1. The topological polar surface area (TPSA) is 94.8 Å². The lowest BCUT2D eigenvalue weighted by atomic mass is 9.86. The molecule has 214 valence electrons. The SMILES string of the molecule is CCC(Oc1c(-c2ccc(C(C)(C)C)cc2)oc2ccccc2c1=O)C(=O)Nc1sc2c(c1C(=O)OC)CCCC2. The van der Waals surface area contributed by atoms with E-state index < -0.39 is 18.0 Å². The molecule has 1 atom stereocenters. The molecule has 0 saturated heterocycles. The molecule has 1 unspecified atom stereocenters. The van der Waals surface area contributed by atoms with Gasteiger partial charge in [0.15, 0.2) is 11.9 Å². The van der Waals surface area contributed by atoms with Crippen molar-refractivity contribution in [2.24, 2.45) is 0 Å². The van der Waals surface area contributed by atoms with Crippen LogP contribution in [0.5, 0.6) is 5.75 Å². The summed E-state index contributed by atoms with van der Waals surface area (Å²) in [6, 6.07) is 14.8. The Kier molecular flexibility index (Phi) is 8.04. The van der Waals surface area contributed by atoms with Gasteiger partial charge in [0.05, 0.1) is 18.1 Å². The molecular weight excluding hydrogens is 538 g/mol. The normalized spacial score (nSPS) is 13.9. The van der Waals surface area contributed by atoms with E-state index in [1.54, 1.807) is 24.3 Å². The van der Waals surface area contributed by atoms with Gasteiger partial charge in [0.1, 0.15) is 10.6 Å². The average Bonchev–Trinajstić information content (AvgIpc) is 3.33. The molecule has 8 heteroatoms. The lowest BCUT2D eigenvalue weighted by Gasteiger charge is -2.20. The highest BCUT2D eigenvalue weighted by molar-refractivity contribution is 7.17. The van der Waals surface area contributed by atoms with Crippen LogP contribution in [-0.2, 0) is 27.8 Å². The van der Waals surface area contributed by atoms with Gasteiger partial charge in [-0.1, -0.05) is 64.1 Å². The van der Waals surface area contributed by atoms with Gasteiger partial charge in [-0.3, -0.25) is 9.59 Å². The number of hydrogen-bond acceptors (Lipinski definition) is 7. The maximum atomic E-state index is 13.7. The minimum absolute atomic E-state index is 0.0205. The molecule has 4 aromatic rings. The van der Waals surface area contributed by atoms with Crippen molar-refractivity contribution in [3.63, 3.8) is 0 Å². The Labute approximate surface area is 243 Å². The molecule has 0 radical (unpaired) electrons. The number of fused-ring (bicyclic) bond motifs is 2. The van der Waals surface area contributed by atoms with Crippen LogP contribution in [0.25, 0.3) is 22.3 Å². The minimum Gasteiger partial charge on any atom is -0.473 e. The molecule has 1 aliphatic carbocycles. The summed E-state index contributed by atoms with van der Waals surface area (Å²) >= 11 is 1.41. The van der Waals surface area contributed by atoms with Gasteiger partial charge in [-0.05, 0) is 60.8 Å². The molecule has 2 heterocycles. The number of ether oxygens (including phenoxy) is 2. The number of thiophene rings is 1. The highest BCUT2D eigenvalue weighted by atomic mass is 32.1. The van der Waals surface area contributed by atoms with Crippen molar-refractivity contribution in [3.8, 4) is 17.1 Å². The molecule has 0 bridgehead atoms. The zero-order valence-corrected chi connectivity index (χ0v) is 24.9. The van der Waals surface area contributed by atoms with Crippen LogP contribution in [0.15, 0.2) is 57.7 Å². The van der Waals surface area contributed by atoms with Crippen molar-refractivity contribution >= 4 is 39.2 Å². The van der Waals surface area contributed by atoms with Crippen LogP contribution in [0, 0.1) is 0 Å². The first-order chi connectivity index (χ1) is 19.6. The molecule has 1 aliphatic rings. The molecule has 1 N–H and O–H groups in total. The zero-order valence-electron chi connectivity index (χ0n) is 24.1. The fourth-order valence-electron chi connectivity index (χ4n) is 5.17. The van der Waals surface area contributed by atoms with E-state index in [9.17, 15) is 14.4 Å². The van der Waals surface area contributed by atoms with Gasteiger partial charge in [-0.2, -0.15) is 0 Å². The van der Waals surface area contributed by atoms with E-state index in [1.807, 2.05) is 31.2 Å². The third-order valence-electron chi connectivity index (χ3n) is 7.49. The van der Waals surface area contributed by atoms with Crippen molar-refractivity contribution < 1.29 is 23.5 Å². The third-order valence-corrected chi connectivity index (χ3v) is 8.70. The predicted octanol–water partition coefficient (Wildman–Crippen LogP) is 7.28. The smallest absolute Gasteiger partial charge is 0.341 e. The summed E-state index contributed by atoms with van der Waals surface area (Å²) < 4.78 is 17.5. The van der Waals surface area contributed by atoms with E-state index in [2.05, 4.69) is 26.1 Å². The summed E-state index contributed by atoms with van der Waals surface area (Å²) in [7, 11) is 1.34. The monoisotopic (exact) mass is 573 g/mol. The highest BCUT2D eigenvalue weighted by Crippen LogP contribution is 2.39. The Morgan fingerprint density at radius 2 is 1.76 bits per heavy atom. The summed E-state index contributed by atoms with van der Waals surface area (Å²) in [4.78, 5) is 41.1. The molecule has 5 rings (SSSR count). The van der Waals surface area contributed by atoms with Crippen LogP contribution in [0.3, 0.4) is 0 Å². The molecule has 0 aliphatic heterocycles. The molecule has 1 amide bonds. The van der Waals surface area contributed by atoms with Crippen LogP contribution in [-0.4, -0.2) is 25.1 Å². The Hall–Kier alpha value is -3.91. The second kappa shape index (κ2) is 11.5. The number of para-hydroxylation sites is 1. The lowest BCUT2D eigenvalue weighted by molar-refractivity contribution is -0.122. The van der Waals surface area contributed by atoms with Crippen LogP contribution in [0.4, 0.5) is 5.00 Å². The summed E-state index contributed by atoms with van der Waals surface area (Å²) in [5.41, 5.74) is 3.22. The number of carbonyl (C=O) groups excluding carboxylic acids is 2. The molecule has 0 fully saturated rings. The zero-order chi connectivity index (χ0) is 29.3. The summed E-state index contributed by atoms with van der Waals surface area (Å²) in [6.45, 7) is 8.21. The predicted molar refractivity (Wildman–Crippen MR) is 162 cm³/mol. The number of nitrogens with one attached hydrogen (secondary N) is 1. The quantitative estimate of drug-likeness (QED) is 0.234. The second-order valence-corrected chi connectivity index (χ2v) is 12.4. The van der Waals surface area contributed by atoms with Crippen molar-refractivity contribution in [3.05, 3.63) is 80.3 Å². The molecular formula is C33H35NO6S. The van der Waals surface area contributed by atoms with Crippen molar-refractivity contribution in [1.29, 1.82) is 0 Å². The number of hydrogen-bond donors (Lipinski definition) is 1. The Bertz CT molecular complexity index is 1660. The minimum atomic E-state index is -1.00. The van der Waals surface area contributed by atoms with Gasteiger partial charge < -0.3 is 19.2 Å². The molecule has 0 spiro atoms. The number of carbonyl (C=O) groups is 2. The summed E-state index contributed by atoms with van der Waals surface area (Å²) in [5, 5.41) is 3.74. The lowest BCUT2D eigenvalue weighted by Crippen LogP contribution is -2.34.